The highest BCUT2D eigenvalue weighted by atomic mass is 19.4. The first-order chi connectivity index (χ1) is 18.5. The number of carbonyl (C=O) groups is 1. The summed E-state index contributed by atoms with van der Waals surface area (Å²) in [6.07, 6.45) is -0.0235. The fourth-order valence-electron chi connectivity index (χ4n) is 3.68. The minimum absolute atomic E-state index is 0.0716. The Balaban J connectivity index is 1.36. The number of aromatic nitrogens is 3. The molecule has 3 aromatic rings. The number of aliphatic hydroxyl groups excluding tert-OH is 1. The Bertz CT molecular complexity index is 1380. The maximum absolute atomic E-state index is 14.8. The molecule has 0 bridgehead atoms. The van der Waals surface area contributed by atoms with Gasteiger partial charge in [0.05, 0.1) is 24.8 Å². The predicted molar refractivity (Wildman–Crippen MR) is 134 cm³/mol. The third-order valence-electron chi connectivity index (χ3n) is 5.97. The zero-order valence-corrected chi connectivity index (χ0v) is 20.7. The molecule has 4 rings (SSSR count). The molecule has 39 heavy (non-hydrogen) atoms. The number of nitrogens with two attached hydrogens (primary N) is 1. The molecule has 1 atom stereocenters. The number of benzene rings is 1. The van der Waals surface area contributed by atoms with Crippen LogP contribution in [0.5, 0.6) is 0 Å². The van der Waals surface area contributed by atoms with Gasteiger partial charge in [-0.3, -0.25) is 9.79 Å². The summed E-state index contributed by atoms with van der Waals surface area (Å²) in [5.41, 5.74) is 4.94. The van der Waals surface area contributed by atoms with E-state index in [0.29, 0.717) is 16.8 Å². The van der Waals surface area contributed by atoms with Crippen molar-refractivity contribution in [1.82, 2.24) is 15.1 Å². The highest BCUT2D eigenvalue weighted by Crippen LogP contribution is 2.59. The van der Waals surface area contributed by atoms with E-state index in [2.05, 4.69) is 30.8 Å². The molecule has 1 aliphatic carbocycles. The molecule has 0 radical (unpaired) electrons. The number of hydrogen-bond acceptors (Lipinski definition) is 9. The summed E-state index contributed by atoms with van der Waals surface area (Å²) in [6.45, 7) is 1.80. The van der Waals surface area contributed by atoms with Gasteiger partial charge in [0.2, 0.25) is 11.9 Å². The molecule has 14 heteroatoms. The number of rotatable bonds is 10. The average molecular weight is 548 g/mol. The molecule has 2 aromatic heterocycles. The van der Waals surface area contributed by atoms with Crippen molar-refractivity contribution in [2.45, 2.75) is 43.9 Å². The smallest absolute Gasteiger partial charge is 0.401 e. The molecule has 1 aliphatic rings. The van der Waals surface area contributed by atoms with E-state index >= 15 is 0 Å². The van der Waals surface area contributed by atoms with Crippen molar-refractivity contribution in [3.63, 3.8) is 0 Å². The van der Waals surface area contributed by atoms with Crippen LogP contribution in [-0.2, 0) is 16.6 Å². The molecule has 206 valence electrons. The molecule has 1 fully saturated rings. The number of carbonyl (C=O) groups excluding carboxylic acids is 1. The molecule has 10 nitrogen and oxygen atoms in total. The fraction of sp³-hybridized carbons (Fsp3) is 0.320. The normalized spacial score (nSPS) is 15.8. The molecule has 0 spiro atoms. The van der Waals surface area contributed by atoms with Crippen LogP contribution in [0.1, 0.15) is 31.1 Å². The maximum Gasteiger partial charge on any atom is 0.401 e. The third kappa shape index (κ3) is 6.57. The van der Waals surface area contributed by atoms with Crippen molar-refractivity contribution in [3.05, 3.63) is 65.7 Å². The lowest BCUT2D eigenvalue weighted by Gasteiger charge is -2.14. The van der Waals surface area contributed by atoms with Crippen molar-refractivity contribution >= 4 is 23.9 Å². The van der Waals surface area contributed by atoms with E-state index in [1.165, 1.54) is 36.9 Å². The Labute approximate surface area is 220 Å². The van der Waals surface area contributed by atoms with Gasteiger partial charge >= 0.3 is 6.18 Å². The molecular weight excluding hydrogens is 522 g/mol. The highest BCUT2D eigenvalue weighted by molar-refractivity contribution is 5.91. The number of nitrogens with zero attached hydrogens (tertiary/aromatic N) is 4. The summed E-state index contributed by atoms with van der Waals surface area (Å²) in [6, 6.07) is 5.27. The molecule has 0 saturated heterocycles. The Kier molecular flexibility index (Phi) is 7.95. The predicted octanol–water partition coefficient (Wildman–Crippen LogP) is 3.71. The lowest BCUT2D eigenvalue weighted by atomic mass is 10.0. The van der Waals surface area contributed by atoms with Crippen LogP contribution in [0.3, 0.4) is 0 Å². The van der Waals surface area contributed by atoms with Gasteiger partial charge in [-0.05, 0) is 37.0 Å². The van der Waals surface area contributed by atoms with Gasteiger partial charge in [-0.2, -0.15) is 13.2 Å². The van der Waals surface area contributed by atoms with Crippen LogP contribution in [-0.4, -0.2) is 51.2 Å². The molecule has 5 N–H and O–H groups in total. The summed E-state index contributed by atoms with van der Waals surface area (Å²) >= 11 is 0. The molecular formula is C25H25F4N7O3. The lowest BCUT2D eigenvalue weighted by Crippen LogP contribution is -2.28. The number of allylic oxidation sites excluding steroid dienone is 1. The number of aliphatic imine (C=N–C) groups is 1. The second kappa shape index (κ2) is 11.2. The number of aliphatic hydroxyl groups is 1. The van der Waals surface area contributed by atoms with E-state index in [1.54, 1.807) is 13.0 Å². The second-order valence-electron chi connectivity index (χ2n) is 9.07. The van der Waals surface area contributed by atoms with Crippen molar-refractivity contribution in [2.75, 3.05) is 17.2 Å². The number of hydrogen-bond donors (Lipinski definition) is 4. The minimum atomic E-state index is -4.47. The topological polar surface area (TPSA) is 152 Å². The number of alkyl halides is 3. The number of anilines is 2. The Morgan fingerprint density at radius 1 is 1.23 bits per heavy atom. The first kappa shape index (κ1) is 27.7. The van der Waals surface area contributed by atoms with Gasteiger partial charge < -0.3 is 26.0 Å². The van der Waals surface area contributed by atoms with E-state index in [0.717, 1.165) is 6.07 Å². The quantitative estimate of drug-likeness (QED) is 0.222. The van der Waals surface area contributed by atoms with Crippen LogP contribution in [0, 0.1) is 5.82 Å². The van der Waals surface area contributed by atoms with E-state index in [1.807, 2.05) is 0 Å². The first-order valence-electron chi connectivity index (χ1n) is 11.8. The zero-order valence-electron chi connectivity index (χ0n) is 20.7. The van der Waals surface area contributed by atoms with Gasteiger partial charge in [-0.1, -0.05) is 17.3 Å². The molecule has 1 saturated carbocycles. The minimum Gasteiger partial charge on any atom is -0.403 e. The van der Waals surface area contributed by atoms with Crippen molar-refractivity contribution in [3.8, 4) is 11.1 Å². The monoisotopic (exact) mass is 547 g/mol. The van der Waals surface area contributed by atoms with Crippen LogP contribution in [0.25, 0.3) is 11.1 Å². The first-order valence-corrected chi connectivity index (χ1v) is 11.8. The average Bonchev–Trinajstić information content (AvgIpc) is 3.58. The van der Waals surface area contributed by atoms with Crippen LogP contribution in [0.2, 0.25) is 0 Å². The third-order valence-corrected chi connectivity index (χ3v) is 5.97. The number of amides is 1. The Morgan fingerprint density at radius 2 is 1.95 bits per heavy atom. The van der Waals surface area contributed by atoms with Crippen molar-refractivity contribution < 1.29 is 32.0 Å². The summed E-state index contributed by atoms with van der Waals surface area (Å²) in [5.74, 6) is -1.65. The molecule has 1 aromatic carbocycles. The van der Waals surface area contributed by atoms with Gasteiger partial charge in [0.15, 0.2) is 11.6 Å². The van der Waals surface area contributed by atoms with Gasteiger partial charge in [-0.25, -0.2) is 14.4 Å². The largest absolute Gasteiger partial charge is 0.403 e. The standard InChI is InChI=1S/C25H25F4N7O3/c1-14(37)10-31-13-18(9-30)34-23-32-11-17(12-33-23)15-2-3-16(19(26)6-15)7-22(38)35-21-8-20(39-36-21)24(4-5-24)25(27,28)29/h2-3,6,8-9,11-14,37H,4-5,7,10,30H2,1H3,(H,32,33,34)(H,35,36,38). The summed E-state index contributed by atoms with van der Waals surface area (Å²) in [5, 5.41) is 18.0. The zero-order chi connectivity index (χ0) is 28.2. The summed E-state index contributed by atoms with van der Waals surface area (Å²) in [7, 11) is 0. The van der Waals surface area contributed by atoms with Gasteiger partial charge in [0.25, 0.3) is 0 Å². The van der Waals surface area contributed by atoms with E-state index in [4.69, 9.17) is 10.3 Å². The summed E-state index contributed by atoms with van der Waals surface area (Å²) < 4.78 is 59.3. The molecule has 1 amide bonds. The maximum atomic E-state index is 14.8. The number of halogens is 4. The van der Waals surface area contributed by atoms with Gasteiger partial charge in [0, 0.05) is 36.4 Å². The fourth-order valence-corrected chi connectivity index (χ4v) is 3.68. The van der Waals surface area contributed by atoms with Crippen molar-refractivity contribution in [2.24, 2.45) is 10.7 Å². The van der Waals surface area contributed by atoms with E-state index in [-0.39, 0.29) is 48.9 Å². The number of nitrogens with one attached hydrogen (secondary N) is 2. The van der Waals surface area contributed by atoms with Crippen LogP contribution < -0.4 is 16.4 Å². The van der Waals surface area contributed by atoms with Crippen LogP contribution in [0.15, 0.2) is 58.1 Å². The Morgan fingerprint density at radius 3 is 2.54 bits per heavy atom. The van der Waals surface area contributed by atoms with Gasteiger partial charge in [-0.15, -0.1) is 0 Å². The van der Waals surface area contributed by atoms with Crippen LogP contribution >= 0.6 is 0 Å². The van der Waals surface area contributed by atoms with Crippen LogP contribution in [0.4, 0.5) is 29.3 Å². The summed E-state index contributed by atoms with van der Waals surface area (Å²) in [4.78, 5) is 24.7. The second-order valence-corrected chi connectivity index (χ2v) is 9.07. The molecule has 2 heterocycles. The van der Waals surface area contributed by atoms with E-state index < -0.39 is 29.4 Å². The molecule has 1 unspecified atom stereocenters. The van der Waals surface area contributed by atoms with Crippen molar-refractivity contribution in [1.29, 1.82) is 0 Å². The SMILES string of the molecule is CC(O)CN=CC(=CN)Nc1ncc(-c2ccc(CC(=O)Nc3cc(C4(C(F)(F)F)CC4)on3)c(F)c2)cn1. The molecule has 0 aliphatic heterocycles. The highest BCUT2D eigenvalue weighted by Gasteiger charge is 2.66. The van der Waals surface area contributed by atoms with Gasteiger partial charge in [0.1, 0.15) is 11.2 Å². The Hall–Kier alpha value is -4.33. The lowest BCUT2D eigenvalue weighted by molar-refractivity contribution is -0.165. The van der Waals surface area contributed by atoms with E-state index in [9.17, 15) is 27.5 Å².